The number of ketones is 1. The lowest BCUT2D eigenvalue weighted by Crippen LogP contribution is -2.36. The molecule has 0 spiro atoms. The Morgan fingerprint density at radius 1 is 1.22 bits per heavy atom. The second-order valence-electron chi connectivity index (χ2n) is 5.66. The third kappa shape index (κ3) is 2.49. The molecule has 0 aliphatic carbocycles. The quantitative estimate of drug-likeness (QED) is 0.757. The van der Waals surface area contributed by atoms with Crippen molar-refractivity contribution in [2.45, 2.75) is 25.4 Å². The second-order valence-corrected chi connectivity index (χ2v) is 5.66. The highest BCUT2D eigenvalue weighted by atomic mass is 16.3. The molecule has 118 valence electrons. The Labute approximate surface area is 133 Å². The molecule has 0 fully saturated rings. The summed E-state index contributed by atoms with van der Waals surface area (Å²) in [6, 6.07) is 11.4. The molecule has 5 nitrogen and oxygen atoms in total. The Kier molecular flexibility index (Phi) is 3.66. The van der Waals surface area contributed by atoms with Crippen LogP contribution in [0.4, 0.5) is 5.69 Å². The summed E-state index contributed by atoms with van der Waals surface area (Å²) in [4.78, 5) is 24.7. The van der Waals surface area contributed by atoms with Crippen LogP contribution in [-0.2, 0) is 16.8 Å². The van der Waals surface area contributed by atoms with Gasteiger partial charge in [0.05, 0.1) is 12.0 Å². The largest absolute Gasteiger partial charge is 0.507 e. The smallest absolute Gasteiger partial charge is 0.261 e. The molecule has 3 N–H and O–H groups in total. The Hall–Kier alpha value is -2.66. The highest BCUT2D eigenvalue weighted by molar-refractivity contribution is 6.10. The number of carbonyl (C=O) groups is 2. The van der Waals surface area contributed by atoms with Crippen LogP contribution in [0.15, 0.2) is 42.5 Å². The molecule has 0 saturated carbocycles. The lowest BCUT2D eigenvalue weighted by atomic mass is 9.87. The van der Waals surface area contributed by atoms with Crippen LogP contribution in [0.3, 0.4) is 0 Å². The van der Waals surface area contributed by atoms with E-state index in [1.165, 1.54) is 12.1 Å². The van der Waals surface area contributed by atoms with Crippen molar-refractivity contribution in [2.75, 3.05) is 5.32 Å². The lowest BCUT2D eigenvalue weighted by molar-refractivity contribution is -0.133. The van der Waals surface area contributed by atoms with E-state index >= 15 is 0 Å². The fourth-order valence-electron chi connectivity index (χ4n) is 2.82. The van der Waals surface area contributed by atoms with E-state index in [4.69, 9.17) is 0 Å². The van der Waals surface area contributed by atoms with Crippen molar-refractivity contribution in [2.24, 2.45) is 0 Å². The maximum atomic E-state index is 12.4. The van der Waals surface area contributed by atoms with Gasteiger partial charge < -0.3 is 15.5 Å². The van der Waals surface area contributed by atoms with E-state index in [9.17, 15) is 19.8 Å². The number of hydrogen-bond donors (Lipinski definition) is 3. The zero-order valence-corrected chi connectivity index (χ0v) is 12.7. The van der Waals surface area contributed by atoms with Gasteiger partial charge in [0.25, 0.3) is 5.91 Å². The van der Waals surface area contributed by atoms with Gasteiger partial charge in [-0.2, -0.15) is 0 Å². The van der Waals surface area contributed by atoms with Crippen LogP contribution in [0, 0.1) is 0 Å². The van der Waals surface area contributed by atoms with Crippen LogP contribution >= 0.6 is 0 Å². The second kappa shape index (κ2) is 5.52. The molecule has 0 saturated heterocycles. The molecule has 23 heavy (non-hydrogen) atoms. The summed E-state index contributed by atoms with van der Waals surface area (Å²) in [7, 11) is 0. The van der Waals surface area contributed by atoms with Gasteiger partial charge >= 0.3 is 0 Å². The molecular weight excluding hydrogens is 294 g/mol. The predicted molar refractivity (Wildman–Crippen MR) is 85.4 cm³/mol. The molecule has 2 aromatic carbocycles. The summed E-state index contributed by atoms with van der Waals surface area (Å²) in [5.74, 6) is -1.28. The number of aromatic hydroxyl groups is 1. The maximum Gasteiger partial charge on any atom is 0.261 e. The lowest BCUT2D eigenvalue weighted by Gasteiger charge is -2.20. The summed E-state index contributed by atoms with van der Waals surface area (Å²) in [6.07, 6.45) is 0.335. The fraction of sp³-hybridized carbons (Fsp3) is 0.222. The SMILES string of the molecule is CCc1ccc2c(c1)C(O)(CC(=O)c1ccccc1O)C(=O)N2. The molecule has 1 unspecified atom stereocenters. The van der Waals surface area contributed by atoms with Gasteiger partial charge in [-0.25, -0.2) is 0 Å². The van der Waals surface area contributed by atoms with Crippen LogP contribution in [0.25, 0.3) is 0 Å². The summed E-state index contributed by atoms with van der Waals surface area (Å²) in [5.41, 5.74) is 0.0628. The number of benzene rings is 2. The van der Waals surface area contributed by atoms with E-state index in [2.05, 4.69) is 5.32 Å². The van der Waals surface area contributed by atoms with Gasteiger partial charge in [0.1, 0.15) is 5.75 Å². The monoisotopic (exact) mass is 311 g/mol. The number of amides is 1. The third-order valence-electron chi connectivity index (χ3n) is 4.18. The zero-order chi connectivity index (χ0) is 16.6. The van der Waals surface area contributed by atoms with Gasteiger partial charge in [-0.1, -0.05) is 31.2 Å². The topological polar surface area (TPSA) is 86.6 Å². The number of Topliss-reactive ketones (excluding diaryl/α,β-unsaturated/α-hetero) is 1. The minimum atomic E-state index is -1.92. The number of phenolic OH excluding ortho intramolecular Hbond substituents is 1. The fourth-order valence-corrected chi connectivity index (χ4v) is 2.82. The highest BCUT2D eigenvalue weighted by Gasteiger charge is 2.47. The van der Waals surface area contributed by atoms with E-state index in [-0.39, 0.29) is 11.3 Å². The van der Waals surface area contributed by atoms with E-state index in [1.807, 2.05) is 13.0 Å². The normalized spacial score (nSPS) is 19.3. The Morgan fingerprint density at radius 3 is 2.65 bits per heavy atom. The van der Waals surface area contributed by atoms with Crippen LogP contribution < -0.4 is 5.32 Å². The molecule has 0 bridgehead atoms. The number of para-hydroxylation sites is 1. The van der Waals surface area contributed by atoms with Gasteiger partial charge in [-0.3, -0.25) is 9.59 Å². The Bertz CT molecular complexity index is 799. The van der Waals surface area contributed by atoms with Crippen LogP contribution in [0.1, 0.15) is 34.8 Å². The molecular formula is C18H17NO4. The van der Waals surface area contributed by atoms with Crippen LogP contribution in [0.2, 0.25) is 0 Å². The molecule has 5 heteroatoms. The van der Waals surface area contributed by atoms with Crippen molar-refractivity contribution >= 4 is 17.4 Å². The third-order valence-corrected chi connectivity index (χ3v) is 4.18. The van der Waals surface area contributed by atoms with Gasteiger partial charge in [-0.05, 0) is 30.2 Å². The van der Waals surface area contributed by atoms with Crippen molar-refractivity contribution in [1.82, 2.24) is 0 Å². The molecule has 1 heterocycles. The van der Waals surface area contributed by atoms with E-state index < -0.39 is 23.7 Å². The predicted octanol–water partition coefficient (Wildman–Crippen LogP) is 2.37. The molecule has 1 atom stereocenters. The summed E-state index contributed by atoms with van der Waals surface area (Å²) < 4.78 is 0. The first-order valence-electron chi connectivity index (χ1n) is 7.44. The van der Waals surface area contributed by atoms with Crippen molar-refractivity contribution in [3.8, 4) is 5.75 Å². The number of aryl methyl sites for hydroxylation is 1. The summed E-state index contributed by atoms with van der Waals surface area (Å²) in [5, 5.41) is 23.2. The molecule has 1 aliphatic rings. The standard InChI is InChI=1S/C18H17NO4/c1-2-11-7-8-14-13(9-11)18(23,17(22)19-14)10-16(21)12-5-3-4-6-15(12)20/h3-9,20,23H,2,10H2,1H3,(H,19,22). The van der Waals surface area contributed by atoms with E-state index in [1.54, 1.807) is 24.3 Å². The Morgan fingerprint density at radius 2 is 1.96 bits per heavy atom. The van der Waals surface area contributed by atoms with Crippen molar-refractivity contribution < 1.29 is 19.8 Å². The van der Waals surface area contributed by atoms with Gasteiger partial charge in [0, 0.05) is 11.3 Å². The van der Waals surface area contributed by atoms with Crippen LogP contribution in [-0.4, -0.2) is 21.9 Å². The summed E-state index contributed by atoms with van der Waals surface area (Å²) >= 11 is 0. The number of nitrogens with one attached hydrogen (secondary N) is 1. The molecule has 2 aromatic rings. The van der Waals surface area contributed by atoms with Crippen molar-refractivity contribution in [3.05, 3.63) is 59.2 Å². The van der Waals surface area contributed by atoms with Gasteiger partial charge in [-0.15, -0.1) is 0 Å². The maximum absolute atomic E-state index is 12.4. The number of rotatable bonds is 4. The number of carbonyl (C=O) groups excluding carboxylic acids is 2. The number of fused-ring (bicyclic) bond motifs is 1. The number of phenols is 1. The molecule has 0 radical (unpaired) electrons. The first-order valence-corrected chi connectivity index (χ1v) is 7.44. The summed E-state index contributed by atoms with van der Waals surface area (Å²) in [6.45, 7) is 1.97. The zero-order valence-electron chi connectivity index (χ0n) is 12.7. The first-order chi connectivity index (χ1) is 11.0. The van der Waals surface area contributed by atoms with Gasteiger partial charge in [0.15, 0.2) is 11.4 Å². The number of hydrogen-bond acceptors (Lipinski definition) is 4. The van der Waals surface area contributed by atoms with E-state index in [0.717, 1.165) is 12.0 Å². The molecule has 0 aromatic heterocycles. The first kappa shape index (κ1) is 15.2. The Balaban J connectivity index is 1.98. The van der Waals surface area contributed by atoms with E-state index in [0.29, 0.717) is 11.3 Å². The minimum Gasteiger partial charge on any atom is -0.507 e. The molecule has 1 aliphatic heterocycles. The number of aliphatic hydroxyl groups is 1. The number of anilines is 1. The van der Waals surface area contributed by atoms with Crippen LogP contribution in [0.5, 0.6) is 5.75 Å². The van der Waals surface area contributed by atoms with Crippen molar-refractivity contribution in [1.29, 1.82) is 0 Å². The molecule has 3 rings (SSSR count). The molecule has 1 amide bonds. The minimum absolute atomic E-state index is 0.0915. The van der Waals surface area contributed by atoms with Crippen molar-refractivity contribution in [3.63, 3.8) is 0 Å². The highest BCUT2D eigenvalue weighted by Crippen LogP contribution is 2.40. The van der Waals surface area contributed by atoms with Gasteiger partial charge in [0.2, 0.25) is 0 Å². The average molecular weight is 311 g/mol. The average Bonchev–Trinajstić information content (AvgIpc) is 2.78.